The molecular formula is C20H33IN6O. The van der Waals surface area contributed by atoms with Gasteiger partial charge in [-0.1, -0.05) is 13.0 Å². The van der Waals surface area contributed by atoms with Gasteiger partial charge in [-0.3, -0.25) is 9.67 Å². The minimum absolute atomic E-state index is 0. The number of aryl methyl sites for hydroxylation is 2. The van der Waals surface area contributed by atoms with Crippen molar-refractivity contribution in [1.29, 1.82) is 0 Å². The van der Waals surface area contributed by atoms with Crippen molar-refractivity contribution in [2.45, 2.75) is 53.1 Å². The third-order valence-electron chi connectivity index (χ3n) is 4.49. The largest absolute Gasteiger partial charge is 0.478 e. The van der Waals surface area contributed by atoms with Crippen LogP contribution in [0.15, 0.2) is 23.3 Å². The van der Waals surface area contributed by atoms with Crippen LogP contribution in [-0.4, -0.2) is 40.4 Å². The van der Waals surface area contributed by atoms with E-state index in [2.05, 4.69) is 53.4 Å². The summed E-state index contributed by atoms with van der Waals surface area (Å²) >= 11 is 0. The van der Waals surface area contributed by atoms with Crippen molar-refractivity contribution in [3.05, 3.63) is 40.8 Å². The van der Waals surface area contributed by atoms with Gasteiger partial charge >= 0.3 is 0 Å². The van der Waals surface area contributed by atoms with E-state index in [0.29, 0.717) is 19.0 Å². The van der Waals surface area contributed by atoms with E-state index in [1.807, 2.05) is 30.1 Å². The number of aliphatic imine (C=N–C) groups is 1. The highest BCUT2D eigenvalue weighted by Crippen LogP contribution is 2.14. The maximum atomic E-state index is 5.51. The van der Waals surface area contributed by atoms with Crippen LogP contribution in [0.25, 0.3) is 0 Å². The van der Waals surface area contributed by atoms with Crippen molar-refractivity contribution in [2.24, 2.45) is 12.0 Å². The van der Waals surface area contributed by atoms with Crippen LogP contribution in [0.1, 0.15) is 42.8 Å². The number of halogens is 1. The molecule has 1 atom stereocenters. The molecule has 0 aliphatic rings. The molecule has 8 heteroatoms. The molecule has 2 heterocycles. The Bertz CT molecular complexity index is 757. The number of hydrogen-bond donors (Lipinski definition) is 2. The molecule has 2 aromatic rings. The lowest BCUT2D eigenvalue weighted by Gasteiger charge is -2.18. The van der Waals surface area contributed by atoms with E-state index in [4.69, 9.17) is 4.74 Å². The molecule has 0 aliphatic carbocycles. The molecule has 0 spiro atoms. The minimum atomic E-state index is 0. The van der Waals surface area contributed by atoms with Crippen LogP contribution in [-0.2, 0) is 20.0 Å². The molecule has 0 aromatic carbocycles. The van der Waals surface area contributed by atoms with Crippen LogP contribution in [0.4, 0.5) is 0 Å². The molecule has 7 nitrogen and oxygen atoms in total. The zero-order valence-corrected chi connectivity index (χ0v) is 20.1. The second-order valence-electron chi connectivity index (χ2n) is 6.80. The van der Waals surface area contributed by atoms with Gasteiger partial charge in [0.25, 0.3) is 0 Å². The van der Waals surface area contributed by atoms with Gasteiger partial charge < -0.3 is 15.4 Å². The van der Waals surface area contributed by atoms with Gasteiger partial charge in [0.05, 0.1) is 12.3 Å². The molecule has 0 bridgehead atoms. The summed E-state index contributed by atoms with van der Waals surface area (Å²) in [6, 6.07) is 4.16. The normalized spacial score (nSPS) is 12.3. The van der Waals surface area contributed by atoms with Crippen LogP contribution < -0.4 is 15.4 Å². The fourth-order valence-corrected chi connectivity index (χ4v) is 2.89. The second-order valence-corrected chi connectivity index (χ2v) is 6.80. The predicted octanol–water partition coefficient (Wildman–Crippen LogP) is 3.13. The lowest BCUT2D eigenvalue weighted by atomic mass is 10.1. The van der Waals surface area contributed by atoms with E-state index in [-0.39, 0.29) is 30.0 Å². The number of nitrogens with one attached hydrogen (secondary N) is 2. The van der Waals surface area contributed by atoms with Crippen molar-refractivity contribution in [3.8, 4) is 5.88 Å². The molecule has 2 N–H and O–H groups in total. The molecule has 0 fully saturated rings. The summed E-state index contributed by atoms with van der Waals surface area (Å²) in [6.07, 6.45) is 3.71. The molecular weight excluding hydrogens is 467 g/mol. The summed E-state index contributed by atoms with van der Waals surface area (Å²) < 4.78 is 7.45. The standard InChI is InChI=1S/C20H32N6O.HI/c1-7-10-27-19-9-8-17(12-22-19)13-23-20(21-5)24-14(2)11-18-15(3)25-26(6)16(18)4;/h8-9,12,14H,7,10-11,13H2,1-6H3,(H2,21,23,24);1H. The monoisotopic (exact) mass is 500 g/mol. The van der Waals surface area contributed by atoms with Gasteiger partial charge in [0.1, 0.15) is 0 Å². The van der Waals surface area contributed by atoms with Gasteiger partial charge in [-0.25, -0.2) is 4.98 Å². The lowest BCUT2D eigenvalue weighted by Crippen LogP contribution is -2.42. The minimum Gasteiger partial charge on any atom is -0.478 e. The van der Waals surface area contributed by atoms with Gasteiger partial charge in [0.2, 0.25) is 5.88 Å². The number of nitrogens with zero attached hydrogens (tertiary/aromatic N) is 4. The fourth-order valence-electron chi connectivity index (χ4n) is 2.89. The Morgan fingerprint density at radius 1 is 1.32 bits per heavy atom. The highest BCUT2D eigenvalue weighted by molar-refractivity contribution is 14.0. The molecule has 0 radical (unpaired) electrons. The molecule has 0 saturated carbocycles. The Morgan fingerprint density at radius 2 is 2.07 bits per heavy atom. The van der Waals surface area contributed by atoms with Crippen molar-refractivity contribution in [3.63, 3.8) is 0 Å². The van der Waals surface area contributed by atoms with Crippen LogP contribution >= 0.6 is 24.0 Å². The fraction of sp³-hybridized carbons (Fsp3) is 0.550. The highest BCUT2D eigenvalue weighted by atomic mass is 127. The first kappa shape index (κ1) is 24.2. The van der Waals surface area contributed by atoms with Crippen LogP contribution in [0.3, 0.4) is 0 Å². The first-order valence-corrected chi connectivity index (χ1v) is 9.48. The van der Waals surface area contributed by atoms with E-state index in [9.17, 15) is 0 Å². The Hall–Kier alpha value is -1.84. The molecule has 28 heavy (non-hydrogen) atoms. The lowest BCUT2D eigenvalue weighted by molar-refractivity contribution is 0.305. The molecule has 0 amide bonds. The van der Waals surface area contributed by atoms with Crippen LogP contribution in [0.5, 0.6) is 5.88 Å². The summed E-state index contributed by atoms with van der Waals surface area (Å²) in [6.45, 7) is 9.74. The molecule has 2 aromatic heterocycles. The van der Waals surface area contributed by atoms with Crippen molar-refractivity contribution in [1.82, 2.24) is 25.4 Å². The summed E-state index contributed by atoms with van der Waals surface area (Å²) in [5.41, 5.74) is 4.66. The van der Waals surface area contributed by atoms with Gasteiger partial charge in [-0.05, 0) is 44.7 Å². The quantitative estimate of drug-likeness (QED) is 0.331. The second kappa shape index (κ2) is 11.9. The highest BCUT2D eigenvalue weighted by Gasteiger charge is 2.14. The Kier molecular flexibility index (Phi) is 10.3. The summed E-state index contributed by atoms with van der Waals surface area (Å²) in [5.74, 6) is 1.44. The number of guanidine groups is 1. The van der Waals surface area contributed by atoms with Gasteiger partial charge in [0, 0.05) is 44.6 Å². The molecule has 1 unspecified atom stereocenters. The summed E-state index contributed by atoms with van der Waals surface area (Å²) in [4.78, 5) is 8.65. The SMILES string of the molecule is CCCOc1ccc(CNC(=NC)NC(C)Cc2c(C)nn(C)c2C)cn1.I. The number of hydrogen-bond acceptors (Lipinski definition) is 4. The van der Waals surface area contributed by atoms with Gasteiger partial charge in [-0.15, -0.1) is 24.0 Å². The average molecular weight is 500 g/mol. The van der Waals surface area contributed by atoms with Gasteiger partial charge in [0.15, 0.2) is 5.96 Å². The average Bonchev–Trinajstić information content (AvgIpc) is 2.90. The zero-order valence-electron chi connectivity index (χ0n) is 17.7. The first-order valence-electron chi connectivity index (χ1n) is 9.48. The van der Waals surface area contributed by atoms with E-state index in [1.165, 1.54) is 11.3 Å². The van der Waals surface area contributed by atoms with Crippen LogP contribution in [0, 0.1) is 13.8 Å². The van der Waals surface area contributed by atoms with E-state index < -0.39 is 0 Å². The molecule has 156 valence electrons. The predicted molar refractivity (Wildman–Crippen MR) is 125 cm³/mol. The molecule has 0 saturated heterocycles. The number of ether oxygens (including phenoxy) is 1. The Balaban J connectivity index is 0.00000392. The first-order chi connectivity index (χ1) is 12.9. The van der Waals surface area contributed by atoms with E-state index >= 15 is 0 Å². The van der Waals surface area contributed by atoms with Crippen molar-refractivity contribution < 1.29 is 4.74 Å². The Labute approximate surface area is 185 Å². The Morgan fingerprint density at radius 3 is 2.61 bits per heavy atom. The number of rotatable bonds is 8. The smallest absolute Gasteiger partial charge is 0.213 e. The molecule has 2 rings (SSSR count). The third-order valence-corrected chi connectivity index (χ3v) is 4.49. The van der Waals surface area contributed by atoms with Crippen molar-refractivity contribution in [2.75, 3.05) is 13.7 Å². The number of aromatic nitrogens is 3. The van der Waals surface area contributed by atoms with Crippen molar-refractivity contribution >= 4 is 29.9 Å². The number of pyridine rings is 1. The zero-order chi connectivity index (χ0) is 19.8. The summed E-state index contributed by atoms with van der Waals surface area (Å²) in [7, 11) is 3.76. The maximum Gasteiger partial charge on any atom is 0.213 e. The topological polar surface area (TPSA) is 76.4 Å². The van der Waals surface area contributed by atoms with E-state index in [1.54, 1.807) is 7.05 Å². The van der Waals surface area contributed by atoms with Crippen LogP contribution in [0.2, 0.25) is 0 Å². The maximum absolute atomic E-state index is 5.51. The third kappa shape index (κ3) is 6.96. The molecule has 0 aliphatic heterocycles. The van der Waals surface area contributed by atoms with E-state index in [0.717, 1.165) is 30.1 Å². The van der Waals surface area contributed by atoms with Gasteiger partial charge in [-0.2, -0.15) is 5.10 Å². The summed E-state index contributed by atoms with van der Waals surface area (Å²) in [5, 5.41) is 11.3.